The molecule has 0 spiro atoms. The van der Waals surface area contributed by atoms with Gasteiger partial charge in [-0.05, 0) is 12.8 Å². The molecule has 1 N–H and O–H groups in total. The summed E-state index contributed by atoms with van der Waals surface area (Å²) in [5, 5.41) is 0. The van der Waals surface area contributed by atoms with E-state index >= 15 is 0 Å². The topological polar surface area (TPSA) is 55.8 Å². The van der Waals surface area contributed by atoms with Crippen LogP contribution in [0.25, 0.3) is 0 Å². The molecule has 0 rings (SSSR count). The van der Waals surface area contributed by atoms with E-state index in [1.54, 1.807) is 0 Å². The SMILES string of the molecule is CCC(CC)(CCO[P+](=O)O)OCCl. The molecule has 1 atom stereocenters. The van der Waals surface area contributed by atoms with Gasteiger partial charge >= 0.3 is 8.25 Å². The third-order valence-electron chi connectivity index (χ3n) is 2.41. The second kappa shape index (κ2) is 7.55. The van der Waals surface area contributed by atoms with Gasteiger partial charge in [-0.2, -0.15) is 0 Å². The molecule has 0 aliphatic rings. The zero-order valence-electron chi connectivity index (χ0n) is 8.53. The van der Waals surface area contributed by atoms with Crippen LogP contribution in [-0.4, -0.2) is 23.2 Å². The van der Waals surface area contributed by atoms with E-state index in [2.05, 4.69) is 4.52 Å². The van der Waals surface area contributed by atoms with Crippen LogP contribution in [0.15, 0.2) is 0 Å². The van der Waals surface area contributed by atoms with E-state index in [1.165, 1.54) is 0 Å². The second-order valence-electron chi connectivity index (χ2n) is 2.96. The van der Waals surface area contributed by atoms with Gasteiger partial charge in [0.15, 0.2) is 0 Å². The first-order chi connectivity index (χ1) is 6.60. The lowest BCUT2D eigenvalue weighted by Gasteiger charge is -2.29. The highest BCUT2D eigenvalue weighted by molar-refractivity contribution is 7.32. The Morgan fingerprint density at radius 2 is 2.00 bits per heavy atom. The number of ether oxygens (including phenoxy) is 1. The highest BCUT2D eigenvalue weighted by Crippen LogP contribution is 2.27. The molecule has 0 saturated carbocycles. The molecule has 4 nitrogen and oxygen atoms in total. The minimum absolute atomic E-state index is 0.132. The van der Waals surface area contributed by atoms with Crippen molar-refractivity contribution >= 4 is 19.9 Å². The normalized spacial score (nSPS) is 13.0. The first kappa shape index (κ1) is 14.3. The van der Waals surface area contributed by atoms with Crippen molar-refractivity contribution in [2.24, 2.45) is 0 Å². The Morgan fingerprint density at radius 3 is 2.36 bits per heavy atom. The predicted molar refractivity (Wildman–Crippen MR) is 55.5 cm³/mol. The van der Waals surface area contributed by atoms with Gasteiger partial charge in [0.1, 0.15) is 12.7 Å². The molecule has 84 valence electrons. The lowest BCUT2D eigenvalue weighted by atomic mass is 9.94. The van der Waals surface area contributed by atoms with Crippen molar-refractivity contribution in [3.05, 3.63) is 0 Å². The maximum absolute atomic E-state index is 10.3. The molecular formula is C8H17ClO4P+. The van der Waals surface area contributed by atoms with Crippen molar-refractivity contribution in [3.8, 4) is 0 Å². The molecule has 0 aromatic rings. The fourth-order valence-electron chi connectivity index (χ4n) is 1.31. The first-order valence-corrected chi connectivity index (χ1v) is 6.25. The fourth-order valence-corrected chi connectivity index (χ4v) is 1.78. The Labute approximate surface area is 90.5 Å². The summed E-state index contributed by atoms with van der Waals surface area (Å²) in [6.07, 6.45) is 2.19. The lowest BCUT2D eigenvalue weighted by molar-refractivity contribution is -0.0422. The number of halogens is 1. The van der Waals surface area contributed by atoms with Crippen LogP contribution in [-0.2, 0) is 13.8 Å². The summed E-state index contributed by atoms with van der Waals surface area (Å²) in [6, 6.07) is 0.132. The minimum Gasteiger partial charge on any atom is -0.359 e. The molecule has 0 radical (unpaired) electrons. The molecule has 0 amide bonds. The van der Waals surface area contributed by atoms with Crippen LogP contribution in [0.1, 0.15) is 33.1 Å². The number of hydrogen-bond donors (Lipinski definition) is 1. The zero-order valence-corrected chi connectivity index (χ0v) is 10.2. The average molecular weight is 244 g/mol. The predicted octanol–water partition coefficient (Wildman–Crippen LogP) is 2.81. The van der Waals surface area contributed by atoms with E-state index in [-0.39, 0.29) is 18.3 Å². The fraction of sp³-hybridized carbons (Fsp3) is 1.00. The summed E-state index contributed by atoms with van der Waals surface area (Å²) >= 11 is 5.51. The van der Waals surface area contributed by atoms with Gasteiger partial charge in [0.25, 0.3) is 0 Å². The van der Waals surface area contributed by atoms with Crippen LogP contribution < -0.4 is 0 Å². The first-order valence-electron chi connectivity index (χ1n) is 4.59. The van der Waals surface area contributed by atoms with Crippen LogP contribution in [0.4, 0.5) is 0 Å². The van der Waals surface area contributed by atoms with Gasteiger partial charge in [-0.25, -0.2) is 0 Å². The minimum atomic E-state index is -2.51. The van der Waals surface area contributed by atoms with E-state index in [0.29, 0.717) is 6.42 Å². The van der Waals surface area contributed by atoms with Crippen molar-refractivity contribution in [1.82, 2.24) is 0 Å². The highest BCUT2D eigenvalue weighted by atomic mass is 35.5. The van der Waals surface area contributed by atoms with Crippen molar-refractivity contribution in [1.29, 1.82) is 0 Å². The van der Waals surface area contributed by atoms with Crippen molar-refractivity contribution in [2.75, 3.05) is 12.7 Å². The molecule has 0 saturated heterocycles. The van der Waals surface area contributed by atoms with Gasteiger partial charge in [0.2, 0.25) is 0 Å². The summed E-state index contributed by atoms with van der Waals surface area (Å²) in [4.78, 5) is 8.44. The van der Waals surface area contributed by atoms with Crippen molar-refractivity contribution in [2.45, 2.75) is 38.7 Å². The maximum atomic E-state index is 10.3. The van der Waals surface area contributed by atoms with Crippen LogP contribution in [0, 0.1) is 0 Å². The molecule has 0 aliphatic carbocycles. The smallest absolute Gasteiger partial charge is 0.359 e. The average Bonchev–Trinajstić information content (AvgIpc) is 2.16. The van der Waals surface area contributed by atoms with Crippen molar-refractivity contribution in [3.63, 3.8) is 0 Å². The Kier molecular flexibility index (Phi) is 7.69. The Morgan fingerprint density at radius 1 is 1.43 bits per heavy atom. The van der Waals surface area contributed by atoms with E-state index in [0.717, 1.165) is 12.8 Å². The summed E-state index contributed by atoms with van der Waals surface area (Å²) in [5.74, 6) is 0. The number of rotatable bonds is 8. The quantitative estimate of drug-likeness (QED) is 0.526. The maximum Gasteiger partial charge on any atom is 0.694 e. The van der Waals surface area contributed by atoms with E-state index in [9.17, 15) is 4.57 Å². The summed E-state index contributed by atoms with van der Waals surface area (Å²) in [6.45, 7) is 4.20. The van der Waals surface area contributed by atoms with Crippen LogP contribution in [0.5, 0.6) is 0 Å². The van der Waals surface area contributed by atoms with E-state index in [1.807, 2.05) is 13.8 Å². The summed E-state index contributed by atoms with van der Waals surface area (Å²) in [7, 11) is -2.51. The van der Waals surface area contributed by atoms with Gasteiger partial charge < -0.3 is 4.74 Å². The van der Waals surface area contributed by atoms with Gasteiger partial charge in [-0.1, -0.05) is 25.4 Å². The molecular weight excluding hydrogens is 227 g/mol. The molecule has 0 fully saturated rings. The third kappa shape index (κ3) is 5.23. The highest BCUT2D eigenvalue weighted by Gasteiger charge is 2.28. The monoisotopic (exact) mass is 243 g/mol. The van der Waals surface area contributed by atoms with E-state index in [4.69, 9.17) is 21.2 Å². The molecule has 0 aliphatic heterocycles. The number of hydrogen-bond acceptors (Lipinski definition) is 3. The standard InChI is InChI=1S/C8H16ClO4P/c1-3-8(4-2,12-7-9)5-6-13-14(10)11/h3-7H2,1-2H3/p+1. The second-order valence-corrected chi connectivity index (χ2v) is 3.92. The van der Waals surface area contributed by atoms with Gasteiger partial charge in [-0.15, -0.1) is 9.42 Å². The Hall–Kier alpha value is 0.270. The summed E-state index contributed by atoms with van der Waals surface area (Å²) in [5.41, 5.74) is -0.326. The van der Waals surface area contributed by atoms with E-state index < -0.39 is 8.25 Å². The van der Waals surface area contributed by atoms with Gasteiger partial charge in [-0.3, -0.25) is 0 Å². The molecule has 14 heavy (non-hydrogen) atoms. The van der Waals surface area contributed by atoms with Gasteiger partial charge in [0, 0.05) is 11.0 Å². The third-order valence-corrected chi connectivity index (χ3v) is 2.92. The largest absolute Gasteiger partial charge is 0.694 e. The zero-order chi connectivity index (χ0) is 11.0. The Balaban J connectivity index is 4.00. The molecule has 0 heterocycles. The van der Waals surface area contributed by atoms with Crippen LogP contribution in [0.3, 0.4) is 0 Å². The lowest BCUT2D eigenvalue weighted by Crippen LogP contribution is -2.32. The molecule has 0 bridgehead atoms. The molecule has 1 unspecified atom stereocenters. The molecule has 6 heteroatoms. The number of alkyl halides is 1. The van der Waals surface area contributed by atoms with Crippen LogP contribution >= 0.6 is 19.9 Å². The Bertz CT molecular complexity index is 173. The molecule has 0 aromatic carbocycles. The van der Waals surface area contributed by atoms with Gasteiger partial charge in [0.05, 0.1) is 5.60 Å². The molecule has 0 aromatic heterocycles. The summed E-state index contributed by atoms with van der Waals surface area (Å²) < 4.78 is 20.3. The van der Waals surface area contributed by atoms with Crippen LogP contribution in [0.2, 0.25) is 0 Å². The van der Waals surface area contributed by atoms with Crippen molar-refractivity contribution < 1.29 is 18.7 Å².